The van der Waals surface area contributed by atoms with Crippen LogP contribution < -0.4 is 0 Å². The van der Waals surface area contributed by atoms with Crippen LogP contribution in [0.25, 0.3) is 11.1 Å². The second-order valence-electron chi connectivity index (χ2n) is 7.42. The maximum Gasteiger partial charge on any atom is 0.0756 e. The van der Waals surface area contributed by atoms with Gasteiger partial charge in [-0.2, -0.15) is 0 Å². The van der Waals surface area contributed by atoms with Crippen LogP contribution in [0.15, 0.2) is 82.7 Å². The average Bonchev–Trinajstić information content (AvgIpc) is 3.19. The van der Waals surface area contributed by atoms with Crippen molar-refractivity contribution >= 4 is 29.1 Å². The molecular formula is C25H24ClNS. The number of aliphatic imine (C=N–C) groups is 1. The standard InChI is InChI=1S/C25H24ClNS/c1-17(2)28-21-13-11-19(12-14-21)18-7-9-20(10-8-18)24-15-16-25(27-24)22-5-3-4-6-23(22)26/h3-14,17,24H,15-16H2,1-2H3. The van der Waals surface area contributed by atoms with Crippen molar-refractivity contribution in [3.05, 3.63) is 88.9 Å². The van der Waals surface area contributed by atoms with Crippen molar-refractivity contribution in [3.63, 3.8) is 0 Å². The Hall–Kier alpha value is -2.03. The van der Waals surface area contributed by atoms with E-state index in [-0.39, 0.29) is 6.04 Å². The zero-order valence-corrected chi connectivity index (χ0v) is 17.8. The molecule has 0 spiro atoms. The summed E-state index contributed by atoms with van der Waals surface area (Å²) in [5, 5.41) is 1.39. The molecular weight excluding hydrogens is 382 g/mol. The van der Waals surface area contributed by atoms with Crippen molar-refractivity contribution in [2.45, 2.75) is 42.9 Å². The fraction of sp³-hybridized carbons (Fsp3) is 0.240. The molecule has 3 aromatic carbocycles. The zero-order chi connectivity index (χ0) is 19.5. The first kappa shape index (κ1) is 19.3. The van der Waals surface area contributed by atoms with Crippen LogP contribution in [0.3, 0.4) is 0 Å². The van der Waals surface area contributed by atoms with Crippen molar-refractivity contribution < 1.29 is 0 Å². The lowest BCUT2D eigenvalue weighted by molar-refractivity contribution is 0.723. The predicted molar refractivity (Wildman–Crippen MR) is 123 cm³/mol. The summed E-state index contributed by atoms with van der Waals surface area (Å²) in [5.74, 6) is 0. The van der Waals surface area contributed by atoms with Crippen LogP contribution in [0.5, 0.6) is 0 Å². The van der Waals surface area contributed by atoms with Gasteiger partial charge in [0, 0.05) is 26.4 Å². The van der Waals surface area contributed by atoms with Crippen molar-refractivity contribution in [1.82, 2.24) is 0 Å². The number of thioether (sulfide) groups is 1. The second kappa shape index (κ2) is 8.55. The van der Waals surface area contributed by atoms with E-state index >= 15 is 0 Å². The highest BCUT2D eigenvalue weighted by atomic mass is 35.5. The minimum Gasteiger partial charge on any atom is -0.281 e. The topological polar surface area (TPSA) is 12.4 Å². The van der Waals surface area contributed by atoms with Crippen molar-refractivity contribution in [1.29, 1.82) is 0 Å². The van der Waals surface area contributed by atoms with E-state index in [0.717, 1.165) is 29.1 Å². The maximum atomic E-state index is 6.34. The molecule has 4 rings (SSSR count). The zero-order valence-electron chi connectivity index (χ0n) is 16.2. The number of hydrogen-bond donors (Lipinski definition) is 0. The quantitative estimate of drug-likeness (QED) is 0.394. The summed E-state index contributed by atoms with van der Waals surface area (Å²) in [7, 11) is 0. The van der Waals surface area contributed by atoms with Crippen LogP contribution in [-0.2, 0) is 0 Å². The van der Waals surface area contributed by atoms with E-state index < -0.39 is 0 Å². The number of nitrogens with zero attached hydrogens (tertiary/aromatic N) is 1. The Bertz CT molecular complexity index is 974. The molecule has 142 valence electrons. The summed E-state index contributed by atoms with van der Waals surface area (Å²) in [6.45, 7) is 4.44. The van der Waals surface area contributed by atoms with Gasteiger partial charge < -0.3 is 0 Å². The van der Waals surface area contributed by atoms with Gasteiger partial charge in [0.05, 0.1) is 6.04 Å². The molecule has 1 aliphatic heterocycles. The Balaban J connectivity index is 1.50. The molecule has 0 aliphatic carbocycles. The van der Waals surface area contributed by atoms with Crippen LogP contribution in [0, 0.1) is 0 Å². The summed E-state index contributed by atoms with van der Waals surface area (Å²) in [6, 6.07) is 25.9. The lowest BCUT2D eigenvalue weighted by Gasteiger charge is -2.10. The van der Waals surface area contributed by atoms with Gasteiger partial charge in [0.2, 0.25) is 0 Å². The Kier molecular flexibility index (Phi) is 5.89. The Labute approximate surface area is 176 Å². The molecule has 0 amide bonds. The van der Waals surface area contributed by atoms with Gasteiger partial charge in [-0.25, -0.2) is 0 Å². The molecule has 0 fully saturated rings. The highest BCUT2D eigenvalue weighted by molar-refractivity contribution is 7.99. The number of benzene rings is 3. The van der Waals surface area contributed by atoms with E-state index in [9.17, 15) is 0 Å². The third-order valence-corrected chi connectivity index (χ3v) is 6.35. The molecule has 1 unspecified atom stereocenters. The molecule has 0 radical (unpaired) electrons. The number of rotatable bonds is 5. The maximum absolute atomic E-state index is 6.34. The largest absolute Gasteiger partial charge is 0.281 e. The SMILES string of the molecule is CC(C)Sc1ccc(-c2ccc(C3CCC(c4ccccc4Cl)=N3)cc2)cc1. The van der Waals surface area contributed by atoms with Crippen LogP contribution in [0.4, 0.5) is 0 Å². The molecule has 0 saturated heterocycles. The fourth-order valence-corrected chi connectivity index (χ4v) is 4.71. The van der Waals surface area contributed by atoms with Gasteiger partial charge in [0.25, 0.3) is 0 Å². The van der Waals surface area contributed by atoms with Crippen LogP contribution in [0.2, 0.25) is 5.02 Å². The van der Waals surface area contributed by atoms with Gasteiger partial charge >= 0.3 is 0 Å². The first-order valence-electron chi connectivity index (χ1n) is 9.79. The molecule has 3 heteroatoms. The van der Waals surface area contributed by atoms with Gasteiger partial charge in [-0.15, -0.1) is 11.8 Å². The first-order chi connectivity index (χ1) is 13.6. The fourth-order valence-electron chi connectivity index (χ4n) is 3.63. The van der Waals surface area contributed by atoms with E-state index in [1.54, 1.807) is 0 Å². The van der Waals surface area contributed by atoms with E-state index in [1.165, 1.54) is 21.6 Å². The van der Waals surface area contributed by atoms with Gasteiger partial charge in [0.15, 0.2) is 0 Å². The monoisotopic (exact) mass is 405 g/mol. The summed E-state index contributed by atoms with van der Waals surface area (Å²) in [5.41, 5.74) is 5.97. The molecule has 0 saturated carbocycles. The lowest BCUT2D eigenvalue weighted by Crippen LogP contribution is -1.96. The van der Waals surface area contributed by atoms with Crippen LogP contribution in [-0.4, -0.2) is 11.0 Å². The Morgan fingerprint density at radius 2 is 1.54 bits per heavy atom. The lowest BCUT2D eigenvalue weighted by atomic mass is 9.99. The molecule has 1 aliphatic rings. The first-order valence-corrected chi connectivity index (χ1v) is 11.0. The smallest absolute Gasteiger partial charge is 0.0756 e. The summed E-state index contributed by atoms with van der Waals surface area (Å²) >= 11 is 8.24. The third kappa shape index (κ3) is 4.34. The van der Waals surface area contributed by atoms with E-state index in [2.05, 4.69) is 68.4 Å². The minimum absolute atomic E-state index is 0.227. The summed E-state index contributed by atoms with van der Waals surface area (Å²) in [6.07, 6.45) is 2.02. The van der Waals surface area contributed by atoms with E-state index in [4.69, 9.17) is 16.6 Å². The Morgan fingerprint density at radius 3 is 2.18 bits per heavy atom. The van der Waals surface area contributed by atoms with Crippen LogP contribution in [0.1, 0.15) is 43.9 Å². The van der Waals surface area contributed by atoms with Gasteiger partial charge in [0.1, 0.15) is 0 Å². The summed E-state index contributed by atoms with van der Waals surface area (Å²) < 4.78 is 0. The van der Waals surface area contributed by atoms with Gasteiger partial charge in [-0.1, -0.05) is 80.0 Å². The second-order valence-corrected chi connectivity index (χ2v) is 9.48. The molecule has 1 heterocycles. The number of hydrogen-bond acceptors (Lipinski definition) is 2. The number of halogens is 1. The molecule has 1 nitrogen and oxygen atoms in total. The highest BCUT2D eigenvalue weighted by Crippen LogP contribution is 2.34. The van der Waals surface area contributed by atoms with Crippen molar-refractivity contribution in [3.8, 4) is 11.1 Å². The van der Waals surface area contributed by atoms with E-state index in [1.807, 2.05) is 30.0 Å². The summed E-state index contributed by atoms with van der Waals surface area (Å²) in [4.78, 5) is 6.28. The molecule has 0 bridgehead atoms. The normalized spacial score (nSPS) is 16.4. The highest BCUT2D eigenvalue weighted by Gasteiger charge is 2.21. The van der Waals surface area contributed by atoms with Gasteiger partial charge in [-0.05, 0) is 47.7 Å². The third-order valence-electron chi connectivity index (χ3n) is 5.01. The van der Waals surface area contributed by atoms with Crippen LogP contribution >= 0.6 is 23.4 Å². The van der Waals surface area contributed by atoms with Crippen molar-refractivity contribution in [2.24, 2.45) is 4.99 Å². The Morgan fingerprint density at radius 1 is 0.893 bits per heavy atom. The minimum atomic E-state index is 0.227. The molecule has 0 N–H and O–H groups in total. The molecule has 3 aromatic rings. The van der Waals surface area contributed by atoms with Gasteiger partial charge in [-0.3, -0.25) is 4.99 Å². The average molecular weight is 406 g/mol. The molecule has 1 atom stereocenters. The molecule has 28 heavy (non-hydrogen) atoms. The van der Waals surface area contributed by atoms with Crippen molar-refractivity contribution in [2.75, 3.05) is 0 Å². The van der Waals surface area contributed by atoms with E-state index in [0.29, 0.717) is 5.25 Å². The predicted octanol–water partition coefficient (Wildman–Crippen LogP) is 7.83. The molecule has 0 aromatic heterocycles.